The Morgan fingerprint density at radius 1 is 1.00 bits per heavy atom. The summed E-state index contributed by atoms with van der Waals surface area (Å²) >= 11 is 3.03. The lowest BCUT2D eigenvalue weighted by molar-refractivity contribution is -0.113. The van der Waals surface area contributed by atoms with E-state index in [4.69, 9.17) is 4.74 Å². The highest BCUT2D eigenvalue weighted by Crippen LogP contribution is 2.31. The molecule has 9 heteroatoms. The summed E-state index contributed by atoms with van der Waals surface area (Å²) in [6, 6.07) is 16.0. The van der Waals surface area contributed by atoms with Crippen LogP contribution in [0.2, 0.25) is 0 Å². The van der Waals surface area contributed by atoms with E-state index < -0.39 is 0 Å². The number of rotatable bonds is 8. The highest BCUT2D eigenvalue weighted by molar-refractivity contribution is 8.00. The number of anilines is 2. The van der Waals surface area contributed by atoms with Crippen molar-refractivity contribution in [2.75, 3.05) is 23.5 Å². The molecule has 2 heterocycles. The maximum absolute atomic E-state index is 12.4. The molecule has 0 aliphatic rings. The quantitative estimate of drug-likeness (QED) is 0.266. The molecule has 33 heavy (non-hydrogen) atoms. The van der Waals surface area contributed by atoms with Crippen LogP contribution in [0.1, 0.15) is 22.2 Å². The number of nitrogens with one attached hydrogen (secondary N) is 2. The minimum Gasteiger partial charge on any atom is -0.497 e. The van der Waals surface area contributed by atoms with Gasteiger partial charge in [-0.3, -0.25) is 9.59 Å². The van der Waals surface area contributed by atoms with Crippen LogP contribution in [0.4, 0.5) is 11.4 Å². The molecule has 0 spiro atoms. The first kappa shape index (κ1) is 22.8. The van der Waals surface area contributed by atoms with E-state index in [1.54, 1.807) is 67.0 Å². The van der Waals surface area contributed by atoms with Crippen LogP contribution < -0.4 is 15.4 Å². The van der Waals surface area contributed by atoms with Gasteiger partial charge in [-0.2, -0.15) is 0 Å². The SMILES string of the molecule is CCc1cc2c(SCC(=O)Nc3ccc(C(=O)Nc4ccc(OC)cc4)cc3)ncnc2s1. The molecule has 0 bridgehead atoms. The summed E-state index contributed by atoms with van der Waals surface area (Å²) < 4.78 is 5.12. The number of nitrogens with zero attached hydrogens (tertiary/aromatic N) is 2. The number of thiophene rings is 1. The van der Waals surface area contributed by atoms with Crippen LogP contribution in [0.3, 0.4) is 0 Å². The molecule has 0 saturated heterocycles. The van der Waals surface area contributed by atoms with E-state index in [0.29, 0.717) is 16.9 Å². The van der Waals surface area contributed by atoms with Gasteiger partial charge in [0.1, 0.15) is 21.9 Å². The van der Waals surface area contributed by atoms with E-state index in [-0.39, 0.29) is 17.6 Å². The van der Waals surface area contributed by atoms with Gasteiger partial charge in [0, 0.05) is 27.2 Å². The molecule has 2 aromatic heterocycles. The average Bonchev–Trinajstić information content (AvgIpc) is 3.28. The molecule has 2 N–H and O–H groups in total. The smallest absolute Gasteiger partial charge is 0.255 e. The largest absolute Gasteiger partial charge is 0.497 e. The first-order valence-electron chi connectivity index (χ1n) is 10.3. The van der Waals surface area contributed by atoms with E-state index in [0.717, 1.165) is 27.4 Å². The zero-order chi connectivity index (χ0) is 23.2. The minimum atomic E-state index is -0.233. The highest BCUT2D eigenvalue weighted by Gasteiger charge is 2.12. The number of ether oxygens (including phenoxy) is 1. The molecule has 0 radical (unpaired) electrons. The summed E-state index contributed by atoms with van der Waals surface area (Å²) in [5.41, 5.74) is 1.79. The molecule has 168 valence electrons. The predicted octanol–water partition coefficient (Wildman–Crippen LogP) is 5.25. The van der Waals surface area contributed by atoms with Gasteiger partial charge >= 0.3 is 0 Å². The Labute approximate surface area is 199 Å². The van der Waals surface area contributed by atoms with Crippen LogP contribution in [0.25, 0.3) is 10.2 Å². The summed E-state index contributed by atoms with van der Waals surface area (Å²) in [6.07, 6.45) is 2.48. The second-order valence-corrected chi connectivity index (χ2v) is 9.14. The Morgan fingerprint density at radius 2 is 1.70 bits per heavy atom. The summed E-state index contributed by atoms with van der Waals surface area (Å²) in [5, 5.41) is 7.48. The third-order valence-corrected chi connectivity index (χ3v) is 7.00. The number of amides is 2. The topological polar surface area (TPSA) is 93.2 Å². The first-order valence-corrected chi connectivity index (χ1v) is 12.1. The third kappa shape index (κ3) is 5.68. The molecular formula is C24H22N4O3S2. The number of benzene rings is 2. The minimum absolute atomic E-state index is 0.145. The number of fused-ring (bicyclic) bond motifs is 1. The van der Waals surface area contributed by atoms with Crippen LogP contribution in [0, 0.1) is 0 Å². The number of carbonyl (C=O) groups excluding carboxylic acids is 2. The Kier molecular flexibility index (Phi) is 7.21. The molecule has 2 amide bonds. The fourth-order valence-corrected chi connectivity index (χ4v) is 4.86. The van der Waals surface area contributed by atoms with Crippen LogP contribution in [0.5, 0.6) is 5.75 Å². The van der Waals surface area contributed by atoms with E-state index in [1.165, 1.54) is 23.0 Å². The van der Waals surface area contributed by atoms with Crippen LogP contribution in [-0.4, -0.2) is 34.6 Å². The van der Waals surface area contributed by atoms with Gasteiger partial charge in [-0.05, 0) is 61.0 Å². The fourth-order valence-electron chi connectivity index (χ4n) is 3.09. The number of aryl methyl sites for hydroxylation is 1. The summed E-state index contributed by atoms with van der Waals surface area (Å²) in [6.45, 7) is 2.10. The number of thioether (sulfide) groups is 1. The summed E-state index contributed by atoms with van der Waals surface area (Å²) in [4.78, 5) is 35.7. The van der Waals surface area contributed by atoms with Gasteiger partial charge in [-0.15, -0.1) is 11.3 Å². The lowest BCUT2D eigenvalue weighted by Crippen LogP contribution is -2.15. The van der Waals surface area contributed by atoms with Gasteiger partial charge < -0.3 is 15.4 Å². The average molecular weight is 479 g/mol. The number of aromatic nitrogens is 2. The molecule has 0 aliphatic heterocycles. The number of carbonyl (C=O) groups is 2. The second-order valence-electron chi connectivity index (χ2n) is 7.06. The van der Waals surface area contributed by atoms with Crippen molar-refractivity contribution in [1.82, 2.24) is 9.97 Å². The van der Waals surface area contributed by atoms with E-state index in [1.807, 2.05) is 0 Å². The van der Waals surface area contributed by atoms with E-state index in [9.17, 15) is 9.59 Å². The van der Waals surface area contributed by atoms with Crippen molar-refractivity contribution in [3.05, 3.63) is 71.4 Å². The molecule has 0 aliphatic carbocycles. The Balaban J connectivity index is 1.32. The standard InChI is InChI=1S/C24H22N4O3S2/c1-3-19-12-20-23(25-14-26-24(20)33-19)32-13-21(29)27-16-6-4-15(5-7-16)22(30)28-17-8-10-18(31-2)11-9-17/h4-12,14H,3,13H2,1-2H3,(H,27,29)(H,28,30). The number of hydrogen-bond acceptors (Lipinski definition) is 7. The Hall–Kier alpha value is -3.43. The van der Waals surface area contributed by atoms with Crippen molar-refractivity contribution in [1.29, 1.82) is 0 Å². The van der Waals surface area contributed by atoms with Gasteiger partial charge in [-0.25, -0.2) is 9.97 Å². The lowest BCUT2D eigenvalue weighted by atomic mass is 10.2. The fraction of sp³-hybridized carbons (Fsp3) is 0.167. The Bertz CT molecular complexity index is 1270. The lowest BCUT2D eigenvalue weighted by Gasteiger charge is -2.08. The van der Waals surface area contributed by atoms with Gasteiger partial charge in [0.05, 0.1) is 12.9 Å². The van der Waals surface area contributed by atoms with Gasteiger partial charge in [0.15, 0.2) is 0 Å². The normalized spacial score (nSPS) is 10.7. The highest BCUT2D eigenvalue weighted by atomic mass is 32.2. The monoisotopic (exact) mass is 478 g/mol. The first-order chi connectivity index (χ1) is 16.1. The molecule has 7 nitrogen and oxygen atoms in total. The molecule has 0 atom stereocenters. The van der Waals surface area contributed by atoms with Crippen molar-refractivity contribution in [2.45, 2.75) is 18.4 Å². The van der Waals surface area contributed by atoms with Gasteiger partial charge in [0.25, 0.3) is 5.91 Å². The van der Waals surface area contributed by atoms with E-state index >= 15 is 0 Å². The molecule has 0 saturated carbocycles. The third-order valence-electron chi connectivity index (χ3n) is 4.81. The zero-order valence-corrected chi connectivity index (χ0v) is 19.8. The molecule has 4 rings (SSSR count). The van der Waals surface area contributed by atoms with Crippen molar-refractivity contribution < 1.29 is 14.3 Å². The maximum atomic E-state index is 12.4. The molecular weight excluding hydrogens is 456 g/mol. The Morgan fingerprint density at radius 3 is 2.39 bits per heavy atom. The maximum Gasteiger partial charge on any atom is 0.255 e. The van der Waals surface area contributed by atoms with Crippen molar-refractivity contribution in [2.24, 2.45) is 0 Å². The molecule has 2 aromatic carbocycles. The zero-order valence-electron chi connectivity index (χ0n) is 18.1. The van der Waals surface area contributed by atoms with Gasteiger partial charge in [-0.1, -0.05) is 18.7 Å². The van der Waals surface area contributed by atoms with Crippen molar-refractivity contribution in [3.63, 3.8) is 0 Å². The van der Waals surface area contributed by atoms with Crippen LogP contribution in [-0.2, 0) is 11.2 Å². The van der Waals surface area contributed by atoms with Crippen molar-refractivity contribution >= 4 is 56.5 Å². The van der Waals surface area contributed by atoms with E-state index in [2.05, 4.69) is 33.6 Å². The van der Waals surface area contributed by atoms with Gasteiger partial charge in [0.2, 0.25) is 5.91 Å². The molecule has 0 unspecified atom stereocenters. The number of methoxy groups -OCH3 is 1. The summed E-state index contributed by atoms with van der Waals surface area (Å²) in [7, 11) is 1.59. The molecule has 4 aromatic rings. The van der Waals surface area contributed by atoms with Crippen LogP contribution in [0.15, 0.2) is 66.0 Å². The second kappa shape index (κ2) is 10.5. The summed E-state index contributed by atoms with van der Waals surface area (Å²) in [5.74, 6) is 0.566. The predicted molar refractivity (Wildman–Crippen MR) is 134 cm³/mol. The van der Waals surface area contributed by atoms with Crippen molar-refractivity contribution in [3.8, 4) is 5.75 Å². The number of hydrogen-bond donors (Lipinski definition) is 2. The van der Waals surface area contributed by atoms with Crippen LogP contribution >= 0.6 is 23.1 Å². The molecule has 0 fully saturated rings.